The van der Waals surface area contributed by atoms with E-state index < -0.39 is 6.10 Å². The number of amides is 1. The number of ether oxygens (including phenoxy) is 1. The molecule has 3 heterocycles. The lowest BCUT2D eigenvalue weighted by molar-refractivity contribution is -0.123. The number of aliphatic hydroxyl groups excluding tert-OH is 1. The largest absolute Gasteiger partial charge is 0.467 e. The molecule has 2 aliphatic heterocycles. The molecular formula is C17H27N3O4. The molecule has 2 N–H and O–H groups in total. The topological polar surface area (TPSA) is 78.2 Å². The highest BCUT2D eigenvalue weighted by Crippen LogP contribution is 2.15. The summed E-state index contributed by atoms with van der Waals surface area (Å²) < 4.78 is 10.7. The molecule has 0 saturated carbocycles. The summed E-state index contributed by atoms with van der Waals surface area (Å²) in [5.41, 5.74) is 0. The van der Waals surface area contributed by atoms with Crippen LogP contribution in [0.3, 0.4) is 0 Å². The van der Waals surface area contributed by atoms with Gasteiger partial charge in [0, 0.05) is 45.9 Å². The minimum atomic E-state index is -0.596. The van der Waals surface area contributed by atoms with E-state index in [9.17, 15) is 9.90 Å². The van der Waals surface area contributed by atoms with Gasteiger partial charge in [-0.05, 0) is 25.0 Å². The summed E-state index contributed by atoms with van der Waals surface area (Å²) in [6, 6.07) is 3.57. The van der Waals surface area contributed by atoms with Crippen molar-refractivity contribution in [2.45, 2.75) is 25.0 Å². The van der Waals surface area contributed by atoms with Crippen molar-refractivity contribution in [3.8, 4) is 0 Å². The number of carbonyl (C=O) groups is 1. The van der Waals surface area contributed by atoms with Gasteiger partial charge in [-0.3, -0.25) is 14.6 Å². The highest BCUT2D eigenvalue weighted by molar-refractivity contribution is 5.78. The van der Waals surface area contributed by atoms with Crippen LogP contribution >= 0.6 is 0 Å². The van der Waals surface area contributed by atoms with E-state index >= 15 is 0 Å². The SMILES string of the molecule is O=C(CN1CCN(C[C@@H](O)c2ccco2)CC1)NC[C@H]1CCCO1. The number of β-amino-alcohol motifs (C(OH)–C–C–N with tert-alkyl or cyclic N) is 1. The molecule has 0 spiro atoms. The minimum Gasteiger partial charge on any atom is -0.467 e. The van der Waals surface area contributed by atoms with Gasteiger partial charge in [0.2, 0.25) is 5.91 Å². The van der Waals surface area contributed by atoms with Crippen LogP contribution in [0.5, 0.6) is 0 Å². The third-order valence-corrected chi connectivity index (χ3v) is 4.69. The van der Waals surface area contributed by atoms with Crippen molar-refractivity contribution in [1.82, 2.24) is 15.1 Å². The molecule has 0 bridgehead atoms. The van der Waals surface area contributed by atoms with E-state index in [2.05, 4.69) is 15.1 Å². The maximum atomic E-state index is 12.0. The Morgan fingerprint density at radius 3 is 2.79 bits per heavy atom. The number of nitrogens with one attached hydrogen (secondary N) is 1. The zero-order chi connectivity index (χ0) is 16.8. The maximum Gasteiger partial charge on any atom is 0.234 e. The van der Waals surface area contributed by atoms with E-state index in [0.29, 0.717) is 25.4 Å². The van der Waals surface area contributed by atoms with E-state index in [1.165, 1.54) is 0 Å². The zero-order valence-electron chi connectivity index (χ0n) is 14.0. The number of furan rings is 1. The summed E-state index contributed by atoms with van der Waals surface area (Å²) in [6.45, 7) is 5.78. The number of aliphatic hydroxyl groups is 1. The molecule has 2 aliphatic rings. The lowest BCUT2D eigenvalue weighted by atomic mass is 10.2. The van der Waals surface area contributed by atoms with Crippen molar-refractivity contribution in [3.63, 3.8) is 0 Å². The van der Waals surface area contributed by atoms with Crippen LogP contribution < -0.4 is 5.32 Å². The summed E-state index contributed by atoms with van der Waals surface area (Å²) in [5.74, 6) is 0.667. The summed E-state index contributed by atoms with van der Waals surface area (Å²) in [6.07, 6.45) is 3.30. The van der Waals surface area contributed by atoms with Crippen molar-refractivity contribution in [2.24, 2.45) is 0 Å². The van der Waals surface area contributed by atoms with Crippen LogP contribution in [0.1, 0.15) is 24.7 Å². The van der Waals surface area contributed by atoms with Crippen molar-refractivity contribution >= 4 is 5.91 Å². The predicted molar refractivity (Wildman–Crippen MR) is 88.5 cm³/mol. The van der Waals surface area contributed by atoms with Gasteiger partial charge in [-0.25, -0.2) is 0 Å². The third kappa shape index (κ3) is 5.04. The molecule has 0 unspecified atom stereocenters. The Kier molecular flexibility index (Phi) is 6.25. The Morgan fingerprint density at radius 1 is 1.33 bits per heavy atom. The molecule has 0 aromatic carbocycles. The molecule has 3 rings (SSSR count). The first-order valence-electron chi connectivity index (χ1n) is 8.75. The molecule has 1 aromatic heterocycles. The quantitative estimate of drug-likeness (QED) is 0.741. The molecule has 134 valence electrons. The molecule has 0 aliphatic carbocycles. The Morgan fingerprint density at radius 2 is 2.12 bits per heavy atom. The second-order valence-corrected chi connectivity index (χ2v) is 6.55. The van der Waals surface area contributed by atoms with Crippen LogP contribution in [0.15, 0.2) is 22.8 Å². The van der Waals surface area contributed by atoms with Crippen molar-refractivity contribution < 1.29 is 19.1 Å². The second-order valence-electron chi connectivity index (χ2n) is 6.55. The van der Waals surface area contributed by atoms with Crippen LogP contribution in [0, 0.1) is 0 Å². The van der Waals surface area contributed by atoms with Crippen molar-refractivity contribution in [3.05, 3.63) is 24.2 Å². The third-order valence-electron chi connectivity index (χ3n) is 4.69. The molecule has 0 radical (unpaired) electrons. The van der Waals surface area contributed by atoms with Gasteiger partial charge in [0.1, 0.15) is 11.9 Å². The fourth-order valence-corrected chi connectivity index (χ4v) is 3.24. The summed E-state index contributed by atoms with van der Waals surface area (Å²) in [5, 5.41) is 13.1. The zero-order valence-corrected chi connectivity index (χ0v) is 14.0. The van der Waals surface area contributed by atoms with Gasteiger partial charge < -0.3 is 19.6 Å². The van der Waals surface area contributed by atoms with E-state index in [1.54, 1.807) is 18.4 Å². The van der Waals surface area contributed by atoms with Gasteiger partial charge in [-0.1, -0.05) is 0 Å². The van der Waals surface area contributed by atoms with Crippen LogP contribution in [-0.2, 0) is 9.53 Å². The first kappa shape index (κ1) is 17.4. The smallest absolute Gasteiger partial charge is 0.234 e. The van der Waals surface area contributed by atoms with E-state index in [0.717, 1.165) is 45.6 Å². The van der Waals surface area contributed by atoms with Gasteiger partial charge in [-0.2, -0.15) is 0 Å². The first-order valence-corrected chi connectivity index (χ1v) is 8.75. The fraction of sp³-hybridized carbons (Fsp3) is 0.706. The average Bonchev–Trinajstić information content (AvgIpc) is 3.28. The van der Waals surface area contributed by atoms with Crippen molar-refractivity contribution in [1.29, 1.82) is 0 Å². The fourth-order valence-electron chi connectivity index (χ4n) is 3.24. The van der Waals surface area contributed by atoms with Crippen LogP contribution in [-0.4, -0.2) is 79.3 Å². The lowest BCUT2D eigenvalue weighted by Gasteiger charge is -2.35. The Labute approximate surface area is 142 Å². The molecule has 2 atom stereocenters. The first-order chi connectivity index (χ1) is 11.7. The predicted octanol–water partition coefficient (Wildman–Crippen LogP) is 0.226. The van der Waals surface area contributed by atoms with Crippen LogP contribution in [0.2, 0.25) is 0 Å². The Balaban J connectivity index is 1.32. The highest BCUT2D eigenvalue weighted by Gasteiger charge is 2.23. The molecule has 1 aromatic rings. The number of rotatable bonds is 7. The molecular weight excluding hydrogens is 310 g/mol. The maximum absolute atomic E-state index is 12.0. The normalized spacial score (nSPS) is 24.1. The summed E-state index contributed by atoms with van der Waals surface area (Å²) >= 11 is 0. The second kappa shape index (κ2) is 8.62. The number of piperazine rings is 1. The van der Waals surface area contributed by atoms with Crippen LogP contribution in [0.4, 0.5) is 0 Å². The average molecular weight is 337 g/mol. The Hall–Kier alpha value is -1.41. The van der Waals surface area contributed by atoms with E-state index in [1.807, 2.05) is 0 Å². The molecule has 2 saturated heterocycles. The molecule has 24 heavy (non-hydrogen) atoms. The molecule has 7 heteroatoms. The van der Waals surface area contributed by atoms with E-state index in [4.69, 9.17) is 9.15 Å². The number of carbonyl (C=O) groups excluding carboxylic acids is 1. The molecule has 7 nitrogen and oxygen atoms in total. The number of hydrogen-bond acceptors (Lipinski definition) is 6. The number of hydrogen-bond donors (Lipinski definition) is 2. The molecule has 1 amide bonds. The highest BCUT2D eigenvalue weighted by atomic mass is 16.5. The number of nitrogens with zero attached hydrogens (tertiary/aromatic N) is 2. The van der Waals surface area contributed by atoms with Gasteiger partial charge in [0.05, 0.1) is 18.9 Å². The Bertz CT molecular complexity index is 494. The standard InChI is InChI=1S/C17H27N3O4/c21-15(16-4-2-10-24-16)12-19-5-7-20(8-6-19)13-17(22)18-11-14-3-1-9-23-14/h2,4,10,14-15,21H,1,3,5-9,11-13H2,(H,18,22)/t14-,15-/m1/s1. The van der Waals surface area contributed by atoms with Crippen LogP contribution in [0.25, 0.3) is 0 Å². The van der Waals surface area contributed by atoms with Gasteiger partial charge in [0.25, 0.3) is 0 Å². The van der Waals surface area contributed by atoms with Crippen molar-refractivity contribution in [2.75, 3.05) is 52.4 Å². The van der Waals surface area contributed by atoms with Gasteiger partial charge in [0.15, 0.2) is 0 Å². The minimum absolute atomic E-state index is 0.0644. The van der Waals surface area contributed by atoms with Gasteiger partial charge >= 0.3 is 0 Å². The monoisotopic (exact) mass is 337 g/mol. The lowest BCUT2D eigenvalue weighted by Crippen LogP contribution is -2.50. The van der Waals surface area contributed by atoms with Gasteiger partial charge in [-0.15, -0.1) is 0 Å². The summed E-state index contributed by atoms with van der Waals surface area (Å²) in [7, 11) is 0. The molecule has 2 fully saturated rings. The summed E-state index contributed by atoms with van der Waals surface area (Å²) in [4.78, 5) is 16.4. The van der Waals surface area contributed by atoms with E-state index in [-0.39, 0.29) is 12.0 Å².